The summed E-state index contributed by atoms with van der Waals surface area (Å²) in [6, 6.07) is 33.7. The molecule has 5 atom stereocenters. The number of esters is 1. The normalized spacial score (nSPS) is 21.4. The summed E-state index contributed by atoms with van der Waals surface area (Å²) in [6.07, 6.45) is 4.26. The van der Waals surface area contributed by atoms with Crippen molar-refractivity contribution in [3.63, 3.8) is 0 Å². The van der Waals surface area contributed by atoms with Gasteiger partial charge in [-0.3, -0.25) is 19.1 Å². The van der Waals surface area contributed by atoms with Gasteiger partial charge >= 0.3 is 5.97 Å². The van der Waals surface area contributed by atoms with Gasteiger partial charge in [-0.15, -0.1) is 5.10 Å². The van der Waals surface area contributed by atoms with Crippen LogP contribution in [0.5, 0.6) is 5.75 Å². The second-order valence-corrected chi connectivity index (χ2v) is 22.0. The number of aryl methyl sites for hydroxylation is 1. The summed E-state index contributed by atoms with van der Waals surface area (Å²) in [5.74, 6) is -0.410. The second-order valence-electron chi connectivity index (χ2n) is 17.3. The van der Waals surface area contributed by atoms with Crippen molar-refractivity contribution in [3.8, 4) is 5.75 Å². The fourth-order valence-electron chi connectivity index (χ4n) is 10.1. The van der Waals surface area contributed by atoms with Crippen LogP contribution in [-0.4, -0.2) is 85.1 Å². The first-order valence-electron chi connectivity index (χ1n) is 21.9. The molecule has 0 radical (unpaired) electrons. The van der Waals surface area contributed by atoms with Gasteiger partial charge in [-0.25, -0.2) is 5.01 Å². The number of fused-ring (bicyclic) bond motifs is 2. The van der Waals surface area contributed by atoms with Crippen molar-refractivity contribution < 1.29 is 33.7 Å². The number of methoxy groups -OCH3 is 2. The minimum absolute atomic E-state index is 0.0533. The van der Waals surface area contributed by atoms with Crippen molar-refractivity contribution in [2.45, 2.75) is 88.3 Å². The number of rotatable bonds is 16. The first-order valence-corrected chi connectivity index (χ1v) is 24.9. The molecule has 4 heterocycles. The molecule has 3 aliphatic rings. The van der Waals surface area contributed by atoms with E-state index in [4.69, 9.17) is 19.3 Å². The van der Waals surface area contributed by atoms with Crippen LogP contribution in [-0.2, 0) is 36.0 Å². The fraction of sp³-hybridized carbons (Fsp3) is 0.388. The molecule has 0 bridgehead atoms. The average Bonchev–Trinajstić information content (AvgIpc) is 3.97. The number of benzene rings is 4. The molecule has 1 saturated heterocycles. The van der Waals surface area contributed by atoms with Crippen LogP contribution in [0.3, 0.4) is 0 Å². The summed E-state index contributed by atoms with van der Waals surface area (Å²) < 4.78 is 19.7. The molecule has 1 unspecified atom stereocenters. The van der Waals surface area contributed by atoms with E-state index in [1.807, 2.05) is 102 Å². The summed E-state index contributed by atoms with van der Waals surface area (Å²) in [7, 11) is 0.544. The lowest BCUT2D eigenvalue weighted by atomic mass is 9.82. The smallest absolute Gasteiger partial charge is 0.305 e. The van der Waals surface area contributed by atoms with Crippen LogP contribution >= 0.6 is 0 Å². The zero-order chi connectivity index (χ0) is 44.3. The Labute approximate surface area is 369 Å². The molecule has 1 fully saturated rings. The van der Waals surface area contributed by atoms with Gasteiger partial charge in [0.25, 0.3) is 5.91 Å². The number of unbranched alkanes of at least 4 members (excludes halogenated alkanes) is 1. The third kappa shape index (κ3) is 8.34. The molecule has 63 heavy (non-hydrogen) atoms. The first kappa shape index (κ1) is 43.7. The molecule has 8 rings (SSSR count). The summed E-state index contributed by atoms with van der Waals surface area (Å²) in [4.78, 5) is 43.0. The van der Waals surface area contributed by atoms with Crippen LogP contribution < -0.4 is 19.8 Å². The summed E-state index contributed by atoms with van der Waals surface area (Å²) >= 11 is 0. The minimum atomic E-state index is -2.49. The van der Waals surface area contributed by atoms with E-state index in [2.05, 4.69) is 42.5 Å². The van der Waals surface area contributed by atoms with Crippen molar-refractivity contribution in [2.75, 3.05) is 37.3 Å². The minimum Gasteiger partial charge on any atom is -0.497 e. The van der Waals surface area contributed by atoms with Gasteiger partial charge in [0.15, 0.2) is 5.60 Å². The van der Waals surface area contributed by atoms with Gasteiger partial charge in [-0.1, -0.05) is 103 Å². The molecule has 328 valence electrons. The first-order chi connectivity index (χ1) is 30.5. The van der Waals surface area contributed by atoms with Crippen LogP contribution in [0.25, 0.3) is 0 Å². The number of ether oxygens (including phenoxy) is 3. The Morgan fingerprint density at radius 3 is 2.37 bits per heavy atom. The molecule has 4 aromatic carbocycles. The van der Waals surface area contributed by atoms with Crippen molar-refractivity contribution >= 4 is 48.1 Å². The van der Waals surface area contributed by atoms with Crippen molar-refractivity contribution in [3.05, 3.63) is 132 Å². The zero-order valence-corrected chi connectivity index (χ0v) is 37.6. The standard InChI is InChI=1S/C49H56N6O7Si/c1-33-47(63(4,5)38-22-20-37(60-2)21-23-38)44(27-29-53-31-42(50-52-53)39(32-56)34-14-8-6-9-15-34)62-49(33)40-30-36(55-45(57)26-24-41(51-55)35-16-10-7-11-17-35)19-25-43(40)54(48(49)59)28-13-12-18-46(58)61-3/h6-11,14-17,19-23,25,30-31,33,39,44,47,56H,12-13,18,24,26-29,32H2,1-5H3/t33-,39?,44+,47-,49+/m1/s1. The number of carbonyl (C=O) groups is 3. The number of aromatic nitrogens is 3. The highest BCUT2D eigenvalue weighted by atomic mass is 28.3. The molecule has 14 heteroatoms. The highest BCUT2D eigenvalue weighted by Gasteiger charge is 2.66. The lowest BCUT2D eigenvalue weighted by Gasteiger charge is -2.37. The lowest BCUT2D eigenvalue weighted by Crippen LogP contribution is -2.52. The third-order valence-electron chi connectivity index (χ3n) is 13.4. The van der Waals surface area contributed by atoms with E-state index in [1.54, 1.807) is 11.8 Å². The molecule has 1 aromatic heterocycles. The van der Waals surface area contributed by atoms with Gasteiger partial charge in [0.05, 0.1) is 63.7 Å². The monoisotopic (exact) mass is 868 g/mol. The predicted molar refractivity (Wildman–Crippen MR) is 244 cm³/mol. The van der Waals surface area contributed by atoms with Crippen LogP contribution in [0, 0.1) is 5.92 Å². The Balaban J connectivity index is 1.19. The van der Waals surface area contributed by atoms with Gasteiger partial charge in [-0.05, 0) is 66.3 Å². The maximum atomic E-state index is 15.5. The number of carbonyl (C=O) groups excluding carboxylic acids is 3. The maximum absolute atomic E-state index is 15.5. The van der Waals surface area contributed by atoms with Crippen LogP contribution in [0.1, 0.15) is 73.8 Å². The Hall–Kier alpha value is -5.96. The molecule has 13 nitrogen and oxygen atoms in total. The van der Waals surface area contributed by atoms with Crippen molar-refractivity contribution in [1.29, 1.82) is 0 Å². The maximum Gasteiger partial charge on any atom is 0.305 e. The number of hydrazone groups is 1. The van der Waals surface area contributed by atoms with E-state index in [0.29, 0.717) is 62.1 Å². The molecule has 0 aliphatic carbocycles. The van der Waals surface area contributed by atoms with E-state index in [-0.39, 0.29) is 54.3 Å². The summed E-state index contributed by atoms with van der Waals surface area (Å²) in [5, 5.41) is 27.0. The zero-order valence-electron chi connectivity index (χ0n) is 36.6. The number of aliphatic hydroxyl groups is 1. The van der Waals surface area contributed by atoms with Crippen molar-refractivity contribution in [2.24, 2.45) is 11.0 Å². The molecule has 2 amide bonds. The number of amides is 2. The van der Waals surface area contributed by atoms with E-state index in [1.165, 1.54) is 17.3 Å². The lowest BCUT2D eigenvalue weighted by molar-refractivity contribution is -0.146. The number of aliphatic hydroxyl groups excluding tert-OH is 1. The van der Waals surface area contributed by atoms with E-state index in [9.17, 15) is 14.7 Å². The highest BCUT2D eigenvalue weighted by molar-refractivity contribution is 6.91. The molecule has 5 aromatic rings. The quantitative estimate of drug-likeness (QED) is 0.0633. The van der Waals surface area contributed by atoms with Gasteiger partial charge in [0, 0.05) is 50.0 Å². The number of anilines is 2. The van der Waals surface area contributed by atoms with E-state index in [0.717, 1.165) is 28.3 Å². The van der Waals surface area contributed by atoms with Crippen molar-refractivity contribution in [1.82, 2.24) is 15.0 Å². The van der Waals surface area contributed by atoms with Crippen LogP contribution in [0.15, 0.2) is 114 Å². The van der Waals surface area contributed by atoms with Crippen LogP contribution in [0.2, 0.25) is 18.6 Å². The fourth-order valence-corrected chi connectivity index (χ4v) is 14.1. The molecule has 3 aliphatic heterocycles. The molecular formula is C49H56N6O7Si. The van der Waals surface area contributed by atoms with Gasteiger partial charge in [0.1, 0.15) is 5.75 Å². The SMILES string of the molecule is COC(=O)CCCCN1C(=O)[C@@]2(O[C@@H](CCn3cc(C(CO)c4ccccc4)nn3)[C@H]([Si](C)(C)c3ccc(OC)cc3)[C@H]2C)c2cc(N3N=C(c4ccccc4)CCC3=O)ccc21. The Morgan fingerprint density at radius 2 is 1.67 bits per heavy atom. The van der Waals surface area contributed by atoms with E-state index >= 15 is 4.79 Å². The number of nitrogens with zero attached hydrogens (tertiary/aromatic N) is 6. The summed E-state index contributed by atoms with van der Waals surface area (Å²) in [5.41, 5.74) is 3.97. The van der Waals surface area contributed by atoms with Gasteiger partial charge < -0.3 is 24.2 Å². The Kier molecular flexibility index (Phi) is 12.8. The third-order valence-corrected chi connectivity index (χ3v) is 17.7. The topological polar surface area (TPSA) is 149 Å². The number of hydrogen-bond acceptors (Lipinski definition) is 10. The summed E-state index contributed by atoms with van der Waals surface area (Å²) in [6.45, 7) is 7.57. The molecule has 1 N–H and O–H groups in total. The predicted octanol–water partition coefficient (Wildman–Crippen LogP) is 6.94. The largest absolute Gasteiger partial charge is 0.497 e. The second kappa shape index (κ2) is 18.4. The van der Waals surface area contributed by atoms with Crippen LogP contribution in [0.4, 0.5) is 11.4 Å². The van der Waals surface area contributed by atoms with E-state index < -0.39 is 13.7 Å². The molecular weight excluding hydrogens is 813 g/mol. The number of hydrogen-bond donors (Lipinski definition) is 1. The highest BCUT2D eigenvalue weighted by Crippen LogP contribution is 2.60. The van der Waals surface area contributed by atoms with Gasteiger partial charge in [-0.2, -0.15) is 5.10 Å². The Morgan fingerprint density at radius 1 is 0.937 bits per heavy atom. The Bertz CT molecular complexity index is 2460. The van der Waals surface area contributed by atoms with Gasteiger partial charge in [0.2, 0.25) is 5.91 Å². The molecule has 0 saturated carbocycles. The average molecular weight is 869 g/mol. The molecule has 1 spiro atoms.